The van der Waals surface area contributed by atoms with Crippen molar-refractivity contribution in [3.63, 3.8) is 0 Å². The van der Waals surface area contributed by atoms with E-state index >= 15 is 0 Å². The van der Waals surface area contributed by atoms with Crippen LogP contribution in [0.15, 0.2) is 0 Å². The third-order valence-electron chi connectivity index (χ3n) is 1.49. The molecule has 2 N–H and O–H groups in total. The third-order valence-corrected chi connectivity index (χ3v) is 2.41. The highest BCUT2D eigenvalue weighted by Gasteiger charge is 2.23. The molecule has 0 spiro atoms. The van der Waals surface area contributed by atoms with Crippen LogP contribution in [0, 0.1) is 5.92 Å². The molecule has 0 saturated heterocycles. The molecule has 1 rings (SSSR count). The molecule has 0 amide bonds. The molecule has 50 valence electrons. The summed E-state index contributed by atoms with van der Waals surface area (Å²) in [5, 5.41) is 1.14. The summed E-state index contributed by atoms with van der Waals surface area (Å²) in [6, 6.07) is 0.516. The van der Waals surface area contributed by atoms with Gasteiger partial charge in [-0.2, -0.15) is 0 Å². The monoisotopic (exact) mass is 199 g/mol. The van der Waals surface area contributed by atoms with Crippen molar-refractivity contribution < 1.29 is 0 Å². The molecule has 0 atom stereocenters. The van der Waals surface area contributed by atoms with E-state index in [1.807, 2.05) is 0 Å². The van der Waals surface area contributed by atoms with E-state index in [1.54, 1.807) is 0 Å². The molecule has 0 aromatic heterocycles. The highest BCUT2D eigenvalue weighted by atomic mass is 79.9. The van der Waals surface area contributed by atoms with Crippen molar-refractivity contribution in [2.24, 2.45) is 11.7 Å². The minimum Gasteiger partial charge on any atom is -0.328 e. The van der Waals surface area contributed by atoms with E-state index in [0.717, 1.165) is 11.2 Å². The van der Waals surface area contributed by atoms with Gasteiger partial charge in [-0.25, -0.2) is 0 Å². The van der Waals surface area contributed by atoms with Gasteiger partial charge in [0.2, 0.25) is 0 Å². The van der Waals surface area contributed by atoms with Crippen molar-refractivity contribution in [1.29, 1.82) is 0 Å². The van der Waals surface area contributed by atoms with Crippen LogP contribution in [0.25, 0.3) is 0 Å². The molecule has 0 unspecified atom stereocenters. The molecule has 0 heterocycles. The van der Waals surface area contributed by atoms with Gasteiger partial charge >= 0.3 is 0 Å². The lowest BCUT2D eigenvalue weighted by molar-refractivity contribution is 0.297. The van der Waals surface area contributed by atoms with Crippen LogP contribution in [0.3, 0.4) is 0 Å². The molecule has 1 aliphatic carbocycles. The number of rotatable bonds is 1. The molecule has 0 aliphatic heterocycles. The summed E-state index contributed by atoms with van der Waals surface area (Å²) in [6.45, 7) is 0. The Morgan fingerprint density at radius 3 is 2.12 bits per heavy atom. The van der Waals surface area contributed by atoms with Gasteiger partial charge in [0.05, 0.1) is 0 Å². The lowest BCUT2D eigenvalue weighted by Crippen LogP contribution is -2.36. The van der Waals surface area contributed by atoms with Gasteiger partial charge in [0.25, 0.3) is 0 Å². The largest absolute Gasteiger partial charge is 0.328 e. The summed E-state index contributed by atoms with van der Waals surface area (Å²) in [5.41, 5.74) is 5.52. The predicted molar refractivity (Wildman–Crippen MR) is 41.7 cm³/mol. The topological polar surface area (TPSA) is 26.0 Å². The Morgan fingerprint density at radius 2 is 2.00 bits per heavy atom. The van der Waals surface area contributed by atoms with Crippen molar-refractivity contribution in [3.05, 3.63) is 0 Å². The zero-order valence-corrected chi connectivity index (χ0v) is 7.04. The Morgan fingerprint density at radius 1 is 1.50 bits per heavy atom. The van der Waals surface area contributed by atoms with E-state index in [-0.39, 0.29) is 12.4 Å². The molecule has 1 fully saturated rings. The van der Waals surface area contributed by atoms with E-state index < -0.39 is 0 Å². The van der Waals surface area contributed by atoms with Crippen LogP contribution in [-0.2, 0) is 0 Å². The van der Waals surface area contributed by atoms with Gasteiger partial charge in [0.15, 0.2) is 0 Å². The SMILES string of the molecule is Cl.NC1CC(CBr)C1. The van der Waals surface area contributed by atoms with Crippen LogP contribution < -0.4 is 5.73 Å². The lowest BCUT2D eigenvalue weighted by atomic mass is 9.83. The standard InChI is InChI=1S/C5H10BrN.ClH/c6-3-4-1-5(7)2-4;/h4-5H,1-3,7H2;1H. The second-order valence-electron chi connectivity index (χ2n) is 2.25. The Balaban J connectivity index is 0.000000490. The van der Waals surface area contributed by atoms with Crippen LogP contribution in [0.5, 0.6) is 0 Å². The summed E-state index contributed by atoms with van der Waals surface area (Å²) in [4.78, 5) is 0. The maximum atomic E-state index is 5.52. The zero-order valence-electron chi connectivity index (χ0n) is 4.64. The smallest absolute Gasteiger partial charge is 0.00608 e. The van der Waals surface area contributed by atoms with Crippen LogP contribution in [0.2, 0.25) is 0 Å². The van der Waals surface area contributed by atoms with Gasteiger partial charge in [0, 0.05) is 11.4 Å². The fraction of sp³-hybridized carbons (Fsp3) is 1.00. The first-order valence-corrected chi connectivity index (χ1v) is 3.76. The molecule has 0 aromatic rings. The van der Waals surface area contributed by atoms with Crippen molar-refractivity contribution in [2.45, 2.75) is 18.9 Å². The molecule has 0 radical (unpaired) electrons. The van der Waals surface area contributed by atoms with Gasteiger partial charge < -0.3 is 5.73 Å². The van der Waals surface area contributed by atoms with Gasteiger partial charge in [-0.1, -0.05) is 15.9 Å². The van der Waals surface area contributed by atoms with E-state index in [4.69, 9.17) is 5.73 Å². The first-order chi connectivity index (χ1) is 3.33. The van der Waals surface area contributed by atoms with Crippen molar-refractivity contribution in [3.8, 4) is 0 Å². The molecule has 1 saturated carbocycles. The first-order valence-electron chi connectivity index (χ1n) is 2.64. The van der Waals surface area contributed by atoms with Crippen LogP contribution >= 0.6 is 28.3 Å². The predicted octanol–water partition coefficient (Wildman–Crippen LogP) is 1.54. The number of halogens is 2. The highest BCUT2D eigenvalue weighted by Crippen LogP contribution is 2.26. The molecule has 8 heavy (non-hydrogen) atoms. The molecular weight excluding hydrogens is 189 g/mol. The average Bonchev–Trinajstić information content (AvgIpc) is 1.58. The van der Waals surface area contributed by atoms with Gasteiger partial charge in [-0.05, 0) is 18.8 Å². The summed E-state index contributed by atoms with van der Waals surface area (Å²) >= 11 is 3.40. The number of nitrogens with two attached hydrogens (primary N) is 1. The first kappa shape index (κ1) is 8.73. The second kappa shape index (κ2) is 3.70. The number of hydrogen-bond donors (Lipinski definition) is 1. The summed E-state index contributed by atoms with van der Waals surface area (Å²) in [7, 11) is 0. The third kappa shape index (κ3) is 1.92. The Kier molecular flexibility index (Phi) is 4.04. The molecule has 1 nitrogen and oxygen atoms in total. The molecule has 0 aromatic carbocycles. The molecular formula is C5H11BrClN. The maximum Gasteiger partial charge on any atom is 0.00608 e. The number of hydrogen-bond acceptors (Lipinski definition) is 1. The summed E-state index contributed by atoms with van der Waals surface area (Å²) in [6.07, 6.45) is 2.45. The van der Waals surface area contributed by atoms with Crippen LogP contribution in [0.4, 0.5) is 0 Å². The van der Waals surface area contributed by atoms with E-state index in [9.17, 15) is 0 Å². The second-order valence-corrected chi connectivity index (χ2v) is 2.90. The molecule has 0 bridgehead atoms. The fourth-order valence-corrected chi connectivity index (χ4v) is 1.44. The van der Waals surface area contributed by atoms with Gasteiger partial charge in [-0.3, -0.25) is 0 Å². The van der Waals surface area contributed by atoms with Crippen LogP contribution in [-0.4, -0.2) is 11.4 Å². The van der Waals surface area contributed by atoms with Crippen molar-refractivity contribution >= 4 is 28.3 Å². The Bertz CT molecular complexity index is 63.4. The van der Waals surface area contributed by atoms with E-state index in [2.05, 4.69) is 15.9 Å². The quantitative estimate of drug-likeness (QED) is 0.639. The van der Waals surface area contributed by atoms with Crippen molar-refractivity contribution in [2.75, 3.05) is 5.33 Å². The maximum absolute atomic E-state index is 5.52. The minimum absolute atomic E-state index is 0. The normalized spacial score (nSPS) is 35.2. The summed E-state index contributed by atoms with van der Waals surface area (Å²) in [5.74, 6) is 0.884. The van der Waals surface area contributed by atoms with E-state index in [0.29, 0.717) is 6.04 Å². The lowest BCUT2D eigenvalue weighted by Gasteiger charge is -2.30. The van der Waals surface area contributed by atoms with Gasteiger partial charge in [0.1, 0.15) is 0 Å². The van der Waals surface area contributed by atoms with Crippen LogP contribution in [0.1, 0.15) is 12.8 Å². The molecule has 1 aliphatic rings. The van der Waals surface area contributed by atoms with Crippen molar-refractivity contribution in [1.82, 2.24) is 0 Å². The Labute approximate surface area is 64.6 Å². The zero-order chi connectivity index (χ0) is 5.28. The average molecular weight is 201 g/mol. The fourth-order valence-electron chi connectivity index (χ4n) is 0.913. The number of alkyl halides is 1. The molecule has 3 heteroatoms. The Hall–Kier alpha value is 0.730. The highest BCUT2D eigenvalue weighted by molar-refractivity contribution is 9.09. The van der Waals surface area contributed by atoms with Gasteiger partial charge in [-0.15, -0.1) is 12.4 Å². The minimum atomic E-state index is 0. The summed E-state index contributed by atoms with van der Waals surface area (Å²) < 4.78 is 0. The van der Waals surface area contributed by atoms with E-state index in [1.165, 1.54) is 12.8 Å².